The van der Waals surface area contributed by atoms with Crippen LogP contribution in [-0.2, 0) is 4.74 Å². The molecule has 1 aromatic carbocycles. The number of rotatable bonds is 4. The van der Waals surface area contributed by atoms with Gasteiger partial charge in [-0.05, 0) is 26.3 Å². The molecule has 0 N–H and O–H groups in total. The van der Waals surface area contributed by atoms with Gasteiger partial charge in [-0.15, -0.1) is 0 Å². The largest absolute Gasteiger partial charge is 0.457 e. The van der Waals surface area contributed by atoms with Crippen molar-refractivity contribution in [2.45, 2.75) is 32.9 Å². The van der Waals surface area contributed by atoms with Crippen LogP contribution < -0.4 is 5.76 Å². The minimum atomic E-state index is -0.629. The van der Waals surface area contributed by atoms with Gasteiger partial charge in [0.05, 0.1) is 18.3 Å². The lowest BCUT2D eigenvalue weighted by Crippen LogP contribution is -2.18. The number of benzene rings is 1. The minimum Gasteiger partial charge on any atom is -0.457 e. The van der Waals surface area contributed by atoms with Gasteiger partial charge in [-0.25, -0.2) is 9.59 Å². The molecule has 5 heteroatoms. The minimum absolute atomic E-state index is 0.0773. The van der Waals surface area contributed by atoms with Gasteiger partial charge in [0.15, 0.2) is 0 Å². The molecule has 0 spiro atoms. The fourth-order valence-electron chi connectivity index (χ4n) is 1.88. The maximum absolute atomic E-state index is 11.8. The molecule has 0 amide bonds. The summed E-state index contributed by atoms with van der Waals surface area (Å²) in [6.45, 7) is 5.34. The van der Waals surface area contributed by atoms with E-state index < -0.39 is 11.7 Å². The van der Waals surface area contributed by atoms with Crippen molar-refractivity contribution in [1.82, 2.24) is 4.57 Å². The van der Waals surface area contributed by atoms with Crippen molar-refractivity contribution >= 4 is 5.97 Å². The second-order valence-electron chi connectivity index (χ2n) is 4.81. The number of carbonyl (C=O) groups is 1. The van der Waals surface area contributed by atoms with E-state index in [1.807, 2.05) is 37.3 Å². The molecule has 20 heavy (non-hydrogen) atoms. The molecular weight excluding hydrogens is 258 g/mol. The Bertz CT molecular complexity index is 639. The highest BCUT2D eigenvalue weighted by atomic mass is 16.6. The Kier molecular flexibility index (Phi) is 4.08. The molecule has 0 fully saturated rings. The predicted octanol–water partition coefficient (Wildman–Crippen LogP) is 2.62. The number of hydrogen-bond donors (Lipinski definition) is 0. The highest BCUT2D eigenvalue weighted by molar-refractivity contribution is 5.85. The van der Waals surface area contributed by atoms with E-state index in [9.17, 15) is 9.59 Å². The molecule has 1 atom stereocenters. The zero-order valence-corrected chi connectivity index (χ0v) is 11.7. The number of carbonyl (C=O) groups excluding carboxylic acids is 1. The van der Waals surface area contributed by atoms with Gasteiger partial charge in [-0.2, -0.15) is 0 Å². The highest BCUT2D eigenvalue weighted by Crippen LogP contribution is 2.16. The van der Waals surface area contributed by atoms with Crippen LogP contribution in [0.4, 0.5) is 0 Å². The fourth-order valence-corrected chi connectivity index (χ4v) is 1.88. The quantitative estimate of drug-likeness (QED) is 0.805. The summed E-state index contributed by atoms with van der Waals surface area (Å²) in [5.74, 6) is -1.28. The monoisotopic (exact) mass is 275 g/mol. The smallest absolute Gasteiger partial charge is 0.420 e. The first kappa shape index (κ1) is 14.1. The van der Waals surface area contributed by atoms with Gasteiger partial charge in [0.2, 0.25) is 5.76 Å². The SMILES string of the molecule is CC(C)OC(=O)c1cn([C@H](C)c2ccccc2)c(=O)o1. The first-order chi connectivity index (χ1) is 9.49. The molecule has 1 heterocycles. The standard InChI is InChI=1S/C15H17NO4/c1-10(2)19-14(17)13-9-16(15(18)20-13)11(3)12-7-5-4-6-8-12/h4-11H,1-3H3/t11-/m1/s1. The second kappa shape index (κ2) is 5.77. The third-order valence-electron chi connectivity index (χ3n) is 2.91. The Morgan fingerprint density at radius 2 is 1.85 bits per heavy atom. The Morgan fingerprint density at radius 1 is 1.20 bits per heavy atom. The van der Waals surface area contributed by atoms with Crippen molar-refractivity contribution in [2.24, 2.45) is 0 Å². The predicted molar refractivity (Wildman–Crippen MR) is 73.8 cm³/mol. The number of ether oxygens (including phenoxy) is 1. The summed E-state index contributed by atoms with van der Waals surface area (Å²) in [4.78, 5) is 23.5. The van der Waals surface area contributed by atoms with Crippen molar-refractivity contribution in [3.05, 3.63) is 58.4 Å². The van der Waals surface area contributed by atoms with Gasteiger partial charge in [0.25, 0.3) is 0 Å². The number of hydrogen-bond acceptors (Lipinski definition) is 4. The van der Waals surface area contributed by atoms with E-state index >= 15 is 0 Å². The van der Waals surface area contributed by atoms with Crippen LogP contribution in [0.15, 0.2) is 45.7 Å². The molecule has 1 aromatic heterocycles. The van der Waals surface area contributed by atoms with Crippen LogP contribution in [0.3, 0.4) is 0 Å². The van der Waals surface area contributed by atoms with E-state index in [0.717, 1.165) is 5.56 Å². The topological polar surface area (TPSA) is 61.4 Å². The van der Waals surface area contributed by atoms with Crippen LogP contribution in [0, 0.1) is 0 Å². The summed E-state index contributed by atoms with van der Waals surface area (Å²) in [7, 11) is 0. The van der Waals surface area contributed by atoms with Crippen molar-refractivity contribution < 1.29 is 13.9 Å². The molecule has 0 aliphatic rings. The first-order valence-corrected chi connectivity index (χ1v) is 6.47. The number of nitrogens with zero attached hydrogens (tertiary/aromatic N) is 1. The van der Waals surface area contributed by atoms with Crippen LogP contribution in [0.5, 0.6) is 0 Å². The van der Waals surface area contributed by atoms with Gasteiger partial charge in [0, 0.05) is 0 Å². The Morgan fingerprint density at radius 3 is 2.45 bits per heavy atom. The zero-order chi connectivity index (χ0) is 14.7. The lowest BCUT2D eigenvalue weighted by Gasteiger charge is -2.11. The Hall–Kier alpha value is -2.30. The van der Waals surface area contributed by atoms with Crippen LogP contribution >= 0.6 is 0 Å². The zero-order valence-electron chi connectivity index (χ0n) is 11.7. The summed E-state index contributed by atoms with van der Waals surface area (Å²) in [5.41, 5.74) is 0.958. The van der Waals surface area contributed by atoms with E-state index in [-0.39, 0.29) is 17.9 Å². The molecule has 106 valence electrons. The van der Waals surface area contributed by atoms with Crippen molar-refractivity contribution in [1.29, 1.82) is 0 Å². The molecule has 0 saturated carbocycles. The molecule has 0 aliphatic carbocycles. The van der Waals surface area contributed by atoms with E-state index in [1.54, 1.807) is 13.8 Å². The molecule has 2 aromatic rings. The fraction of sp³-hybridized carbons (Fsp3) is 0.333. The lowest BCUT2D eigenvalue weighted by molar-refractivity contribution is 0.0339. The van der Waals surface area contributed by atoms with E-state index in [4.69, 9.17) is 9.15 Å². The molecule has 0 unspecified atom stereocenters. The summed E-state index contributed by atoms with van der Waals surface area (Å²) >= 11 is 0. The van der Waals surface area contributed by atoms with Crippen molar-refractivity contribution in [2.75, 3.05) is 0 Å². The Labute approximate surface area is 116 Å². The molecule has 5 nitrogen and oxygen atoms in total. The normalized spacial score (nSPS) is 12.4. The lowest BCUT2D eigenvalue weighted by atomic mass is 10.1. The maximum Gasteiger partial charge on any atom is 0.420 e. The molecule has 0 radical (unpaired) electrons. The summed E-state index contributed by atoms with van der Waals surface area (Å²) < 4.78 is 11.3. The van der Waals surface area contributed by atoms with E-state index in [1.165, 1.54) is 10.8 Å². The Balaban J connectivity index is 2.28. The van der Waals surface area contributed by atoms with Gasteiger partial charge >= 0.3 is 11.7 Å². The number of aromatic nitrogens is 1. The number of oxazole rings is 1. The molecule has 0 aliphatic heterocycles. The molecule has 0 bridgehead atoms. The number of esters is 1. The average molecular weight is 275 g/mol. The maximum atomic E-state index is 11.8. The van der Waals surface area contributed by atoms with Crippen molar-refractivity contribution in [3.8, 4) is 0 Å². The van der Waals surface area contributed by atoms with E-state index in [2.05, 4.69) is 0 Å². The van der Waals surface area contributed by atoms with Crippen LogP contribution in [0.1, 0.15) is 42.9 Å². The van der Waals surface area contributed by atoms with Gasteiger partial charge in [0.1, 0.15) is 0 Å². The second-order valence-corrected chi connectivity index (χ2v) is 4.81. The van der Waals surface area contributed by atoms with Gasteiger partial charge < -0.3 is 9.15 Å². The van der Waals surface area contributed by atoms with Gasteiger partial charge in [-0.1, -0.05) is 30.3 Å². The van der Waals surface area contributed by atoms with Gasteiger partial charge in [-0.3, -0.25) is 4.57 Å². The highest BCUT2D eigenvalue weighted by Gasteiger charge is 2.19. The third kappa shape index (κ3) is 2.99. The first-order valence-electron chi connectivity index (χ1n) is 6.47. The molecule has 0 saturated heterocycles. The summed E-state index contributed by atoms with van der Waals surface area (Å²) in [5, 5.41) is 0. The summed E-state index contributed by atoms with van der Waals surface area (Å²) in [6, 6.07) is 9.30. The van der Waals surface area contributed by atoms with Crippen LogP contribution in [-0.4, -0.2) is 16.6 Å². The summed E-state index contributed by atoms with van der Waals surface area (Å²) in [6.07, 6.45) is 1.13. The molecule has 2 rings (SSSR count). The average Bonchev–Trinajstić information content (AvgIpc) is 2.80. The van der Waals surface area contributed by atoms with Crippen LogP contribution in [0.2, 0.25) is 0 Å². The third-order valence-corrected chi connectivity index (χ3v) is 2.91. The van der Waals surface area contributed by atoms with E-state index in [0.29, 0.717) is 0 Å². The van der Waals surface area contributed by atoms with Crippen molar-refractivity contribution in [3.63, 3.8) is 0 Å². The van der Waals surface area contributed by atoms with Crippen LogP contribution in [0.25, 0.3) is 0 Å². The molecular formula is C15H17NO4.